The molecule has 0 fully saturated rings. The van der Waals surface area contributed by atoms with Crippen LogP contribution < -0.4 is 5.32 Å². The summed E-state index contributed by atoms with van der Waals surface area (Å²) in [6, 6.07) is 23.3. The monoisotopic (exact) mass is 385 g/mol. The summed E-state index contributed by atoms with van der Waals surface area (Å²) in [7, 11) is 0. The summed E-state index contributed by atoms with van der Waals surface area (Å²) >= 11 is 0. The third-order valence-electron chi connectivity index (χ3n) is 5.32. The highest BCUT2D eigenvalue weighted by Gasteiger charge is 2.12. The van der Waals surface area contributed by atoms with Gasteiger partial charge in [-0.25, -0.2) is 4.98 Å². The van der Waals surface area contributed by atoms with E-state index >= 15 is 0 Å². The number of nitrogens with one attached hydrogen (secondary N) is 1. The fraction of sp³-hybridized carbons (Fsp3) is 0.280. The standard InChI is InChI=1S/C25H27N3O/c1-2-9-25(29)26-17-8-16-24-27-22-14-5-6-15-23(22)28(24)18-20-12-7-11-19-10-3-4-13-21(19)20/h3-7,10-15H,2,8-9,16-18H2,1H3,(H,26,29). The van der Waals surface area contributed by atoms with E-state index in [1.165, 1.54) is 16.3 Å². The second kappa shape index (κ2) is 8.91. The quantitative estimate of drug-likeness (QED) is 0.430. The summed E-state index contributed by atoms with van der Waals surface area (Å²) in [5.41, 5.74) is 3.48. The summed E-state index contributed by atoms with van der Waals surface area (Å²) < 4.78 is 2.32. The van der Waals surface area contributed by atoms with Crippen LogP contribution in [-0.2, 0) is 17.8 Å². The van der Waals surface area contributed by atoms with Crippen molar-refractivity contribution in [1.82, 2.24) is 14.9 Å². The molecule has 0 spiro atoms. The van der Waals surface area contributed by atoms with Crippen LogP contribution >= 0.6 is 0 Å². The van der Waals surface area contributed by atoms with E-state index in [0.29, 0.717) is 13.0 Å². The van der Waals surface area contributed by atoms with E-state index in [-0.39, 0.29) is 5.91 Å². The molecule has 148 valence electrons. The van der Waals surface area contributed by atoms with E-state index in [1.54, 1.807) is 0 Å². The summed E-state index contributed by atoms with van der Waals surface area (Å²) in [6.07, 6.45) is 3.20. The second-order valence-electron chi connectivity index (χ2n) is 7.44. The van der Waals surface area contributed by atoms with E-state index in [0.717, 1.165) is 42.7 Å². The van der Waals surface area contributed by atoms with E-state index in [2.05, 4.69) is 70.5 Å². The smallest absolute Gasteiger partial charge is 0.219 e. The molecule has 0 atom stereocenters. The van der Waals surface area contributed by atoms with Crippen LogP contribution in [0.25, 0.3) is 21.8 Å². The molecule has 4 nitrogen and oxygen atoms in total. The molecule has 1 heterocycles. The number of hydrogen-bond donors (Lipinski definition) is 1. The largest absolute Gasteiger partial charge is 0.356 e. The topological polar surface area (TPSA) is 46.9 Å². The lowest BCUT2D eigenvalue weighted by atomic mass is 10.0. The number of carbonyl (C=O) groups excluding carboxylic acids is 1. The molecule has 0 unspecified atom stereocenters. The fourth-order valence-electron chi connectivity index (χ4n) is 3.88. The molecule has 0 aliphatic carbocycles. The van der Waals surface area contributed by atoms with Crippen molar-refractivity contribution < 1.29 is 4.79 Å². The van der Waals surface area contributed by atoms with Gasteiger partial charge in [0.05, 0.1) is 11.0 Å². The summed E-state index contributed by atoms with van der Waals surface area (Å²) in [4.78, 5) is 16.6. The molecule has 1 aromatic heterocycles. The van der Waals surface area contributed by atoms with Gasteiger partial charge in [0, 0.05) is 25.9 Å². The number of para-hydroxylation sites is 2. The molecule has 4 heteroatoms. The van der Waals surface area contributed by atoms with Crippen LogP contribution in [0.2, 0.25) is 0 Å². The van der Waals surface area contributed by atoms with Gasteiger partial charge in [0.25, 0.3) is 0 Å². The maximum atomic E-state index is 11.7. The zero-order valence-electron chi connectivity index (χ0n) is 16.9. The van der Waals surface area contributed by atoms with Crippen LogP contribution in [0.1, 0.15) is 37.6 Å². The molecular formula is C25H27N3O. The van der Waals surface area contributed by atoms with Gasteiger partial charge in [0.2, 0.25) is 5.91 Å². The van der Waals surface area contributed by atoms with Crippen LogP contribution in [0.4, 0.5) is 0 Å². The number of hydrogen-bond acceptors (Lipinski definition) is 2. The maximum absolute atomic E-state index is 11.7. The second-order valence-corrected chi connectivity index (χ2v) is 7.44. The van der Waals surface area contributed by atoms with Gasteiger partial charge in [-0.05, 0) is 41.3 Å². The summed E-state index contributed by atoms with van der Waals surface area (Å²) in [5, 5.41) is 5.55. The lowest BCUT2D eigenvalue weighted by Gasteiger charge is -2.12. The Labute approximate surface area is 171 Å². The first-order valence-corrected chi connectivity index (χ1v) is 10.4. The number of carbonyl (C=O) groups is 1. The Bertz CT molecular complexity index is 1120. The molecule has 0 aliphatic rings. The SMILES string of the molecule is CCCC(=O)NCCCc1nc2ccccc2n1Cc1cccc2ccccc12. The van der Waals surface area contributed by atoms with Crippen molar-refractivity contribution in [2.75, 3.05) is 6.54 Å². The third-order valence-corrected chi connectivity index (χ3v) is 5.32. The van der Waals surface area contributed by atoms with E-state index in [9.17, 15) is 4.79 Å². The van der Waals surface area contributed by atoms with Gasteiger partial charge in [-0.1, -0.05) is 61.5 Å². The minimum Gasteiger partial charge on any atom is -0.356 e. The Kier molecular flexibility index (Phi) is 5.89. The van der Waals surface area contributed by atoms with Crippen LogP contribution in [0.5, 0.6) is 0 Å². The van der Waals surface area contributed by atoms with E-state index < -0.39 is 0 Å². The zero-order valence-corrected chi connectivity index (χ0v) is 16.9. The Morgan fingerprint density at radius 3 is 2.69 bits per heavy atom. The highest BCUT2D eigenvalue weighted by Crippen LogP contribution is 2.23. The van der Waals surface area contributed by atoms with E-state index in [1.807, 2.05) is 13.0 Å². The predicted molar refractivity (Wildman–Crippen MR) is 119 cm³/mol. The van der Waals surface area contributed by atoms with Gasteiger partial charge in [0.1, 0.15) is 5.82 Å². The molecule has 0 radical (unpaired) electrons. The van der Waals surface area contributed by atoms with Gasteiger partial charge >= 0.3 is 0 Å². The van der Waals surface area contributed by atoms with Crippen molar-refractivity contribution >= 4 is 27.7 Å². The number of benzene rings is 3. The minimum atomic E-state index is 0.136. The van der Waals surface area contributed by atoms with Crippen molar-refractivity contribution in [2.45, 2.75) is 39.2 Å². The van der Waals surface area contributed by atoms with Crippen LogP contribution in [-0.4, -0.2) is 22.0 Å². The number of fused-ring (bicyclic) bond motifs is 2. The Morgan fingerprint density at radius 2 is 1.79 bits per heavy atom. The van der Waals surface area contributed by atoms with Gasteiger partial charge < -0.3 is 9.88 Å². The maximum Gasteiger partial charge on any atom is 0.219 e. The van der Waals surface area contributed by atoms with Crippen molar-refractivity contribution in [2.24, 2.45) is 0 Å². The first-order chi connectivity index (χ1) is 14.3. The molecule has 0 bridgehead atoms. The van der Waals surface area contributed by atoms with Crippen molar-refractivity contribution in [3.8, 4) is 0 Å². The van der Waals surface area contributed by atoms with Crippen LogP contribution in [0.15, 0.2) is 66.7 Å². The normalized spacial score (nSPS) is 11.2. The Balaban J connectivity index is 1.59. The van der Waals surface area contributed by atoms with Crippen molar-refractivity contribution in [1.29, 1.82) is 0 Å². The molecule has 4 aromatic rings. The fourth-order valence-corrected chi connectivity index (χ4v) is 3.88. The third kappa shape index (κ3) is 4.32. The minimum absolute atomic E-state index is 0.136. The number of rotatable bonds is 8. The zero-order chi connectivity index (χ0) is 20.1. The predicted octanol–water partition coefficient (Wildman–Crippen LogP) is 5.09. The molecule has 3 aromatic carbocycles. The molecular weight excluding hydrogens is 358 g/mol. The van der Waals surface area contributed by atoms with Crippen LogP contribution in [0.3, 0.4) is 0 Å². The van der Waals surface area contributed by atoms with Gasteiger partial charge in [-0.15, -0.1) is 0 Å². The number of aryl methyl sites for hydroxylation is 1. The summed E-state index contributed by atoms with van der Waals surface area (Å²) in [5.74, 6) is 1.21. The molecule has 29 heavy (non-hydrogen) atoms. The first-order valence-electron chi connectivity index (χ1n) is 10.4. The molecule has 1 amide bonds. The number of imidazole rings is 1. The first kappa shape index (κ1) is 19.2. The number of nitrogens with zero attached hydrogens (tertiary/aromatic N) is 2. The Hall–Kier alpha value is -3.14. The Morgan fingerprint density at radius 1 is 1.00 bits per heavy atom. The highest BCUT2D eigenvalue weighted by atomic mass is 16.1. The average molecular weight is 386 g/mol. The molecule has 1 N–H and O–H groups in total. The van der Waals surface area contributed by atoms with Crippen molar-refractivity contribution in [3.05, 3.63) is 78.1 Å². The molecule has 0 saturated heterocycles. The van der Waals surface area contributed by atoms with Crippen molar-refractivity contribution in [3.63, 3.8) is 0 Å². The molecule has 4 rings (SSSR count). The average Bonchev–Trinajstić information content (AvgIpc) is 3.09. The highest BCUT2D eigenvalue weighted by molar-refractivity contribution is 5.86. The number of amides is 1. The van der Waals surface area contributed by atoms with Gasteiger partial charge in [-0.2, -0.15) is 0 Å². The van der Waals surface area contributed by atoms with Gasteiger partial charge in [0.15, 0.2) is 0 Å². The van der Waals surface area contributed by atoms with Crippen LogP contribution in [0, 0.1) is 0 Å². The summed E-state index contributed by atoms with van der Waals surface area (Å²) in [6.45, 7) is 3.50. The molecule has 0 aliphatic heterocycles. The number of aromatic nitrogens is 2. The van der Waals surface area contributed by atoms with E-state index in [4.69, 9.17) is 4.98 Å². The lowest BCUT2D eigenvalue weighted by molar-refractivity contribution is -0.121. The van der Waals surface area contributed by atoms with Gasteiger partial charge in [-0.3, -0.25) is 4.79 Å². The molecule has 0 saturated carbocycles. The lowest BCUT2D eigenvalue weighted by Crippen LogP contribution is -2.24.